The molecule has 0 spiro atoms. The Balaban J connectivity index is 1.57. The number of thioether (sulfide) groups is 1. The number of rotatable bonds is 8. The van der Waals surface area contributed by atoms with Gasteiger partial charge in [0.25, 0.3) is 5.91 Å². The van der Waals surface area contributed by atoms with Crippen LogP contribution in [0.25, 0.3) is 5.69 Å². The summed E-state index contributed by atoms with van der Waals surface area (Å²) in [4.78, 5) is 25.2. The number of carbonyl (C=O) groups is 2. The van der Waals surface area contributed by atoms with Crippen LogP contribution in [0.3, 0.4) is 0 Å². The average molecular weight is 562 g/mol. The van der Waals surface area contributed by atoms with Crippen LogP contribution in [0.15, 0.2) is 47.6 Å². The monoisotopic (exact) mass is 561 g/mol. The number of nitrogens with one attached hydrogen (secondary N) is 2. The summed E-state index contributed by atoms with van der Waals surface area (Å²) in [6.07, 6.45) is -4.68. The van der Waals surface area contributed by atoms with Crippen LogP contribution in [0.4, 0.5) is 18.3 Å². The second-order valence-corrected chi connectivity index (χ2v) is 10.3. The van der Waals surface area contributed by atoms with E-state index in [4.69, 9.17) is 0 Å². The molecule has 2 aromatic carbocycles. The van der Waals surface area contributed by atoms with Gasteiger partial charge in [0.1, 0.15) is 5.01 Å². The first-order chi connectivity index (χ1) is 18.0. The lowest BCUT2D eigenvalue weighted by Crippen LogP contribution is -2.27. The SMILES string of the molecule is Cc1nnc(NC(=O)CSc2nnc(CNC(=O)c3ccccc3C(F)(F)F)n2-c2cccc(C)c2C)s1. The normalized spacial score (nSPS) is 11.4. The first-order valence-electron chi connectivity index (χ1n) is 11.2. The van der Waals surface area contributed by atoms with E-state index in [-0.39, 0.29) is 18.2 Å². The first kappa shape index (κ1) is 27.3. The lowest BCUT2D eigenvalue weighted by Gasteiger charge is -2.15. The van der Waals surface area contributed by atoms with Gasteiger partial charge in [-0.3, -0.25) is 19.5 Å². The van der Waals surface area contributed by atoms with Gasteiger partial charge in [-0.15, -0.1) is 20.4 Å². The van der Waals surface area contributed by atoms with Crippen LogP contribution < -0.4 is 10.6 Å². The van der Waals surface area contributed by atoms with E-state index in [9.17, 15) is 22.8 Å². The number of benzene rings is 2. The quantitative estimate of drug-likeness (QED) is 0.299. The van der Waals surface area contributed by atoms with Crippen molar-refractivity contribution in [3.63, 3.8) is 0 Å². The summed E-state index contributed by atoms with van der Waals surface area (Å²) >= 11 is 2.37. The van der Waals surface area contributed by atoms with E-state index >= 15 is 0 Å². The predicted molar refractivity (Wildman–Crippen MR) is 137 cm³/mol. The Hall–Kier alpha value is -3.78. The minimum absolute atomic E-state index is 0.00700. The fourth-order valence-electron chi connectivity index (χ4n) is 3.54. The Kier molecular flexibility index (Phi) is 8.11. The Morgan fingerprint density at radius 1 is 1.00 bits per heavy atom. The molecule has 4 aromatic rings. The minimum Gasteiger partial charge on any atom is -0.345 e. The van der Waals surface area contributed by atoms with Crippen molar-refractivity contribution in [3.8, 4) is 5.69 Å². The third kappa shape index (κ3) is 6.19. The first-order valence-corrected chi connectivity index (χ1v) is 13.0. The topological polar surface area (TPSA) is 115 Å². The van der Waals surface area contributed by atoms with E-state index in [0.29, 0.717) is 21.1 Å². The summed E-state index contributed by atoms with van der Waals surface area (Å²) in [6.45, 7) is 5.42. The third-order valence-corrected chi connectivity index (χ3v) is 7.19. The van der Waals surface area contributed by atoms with Crippen molar-refractivity contribution >= 4 is 40.0 Å². The molecule has 0 saturated carbocycles. The predicted octanol–water partition coefficient (Wildman–Crippen LogP) is 4.72. The van der Waals surface area contributed by atoms with Crippen LogP contribution in [0.1, 0.15) is 37.9 Å². The molecule has 2 amide bonds. The zero-order valence-corrected chi connectivity index (χ0v) is 22.1. The Morgan fingerprint density at radius 2 is 1.76 bits per heavy atom. The number of amides is 2. The maximum atomic E-state index is 13.4. The molecule has 0 unspecified atom stereocenters. The molecular formula is C24H22F3N7O2S2. The molecule has 14 heteroatoms. The summed E-state index contributed by atoms with van der Waals surface area (Å²) in [5.41, 5.74) is 1.11. The summed E-state index contributed by atoms with van der Waals surface area (Å²) < 4.78 is 41.8. The molecule has 0 fully saturated rings. The van der Waals surface area contributed by atoms with Gasteiger partial charge in [-0.05, 0) is 50.1 Å². The van der Waals surface area contributed by atoms with Crippen molar-refractivity contribution in [2.75, 3.05) is 11.1 Å². The highest BCUT2D eigenvalue weighted by atomic mass is 32.2. The molecule has 2 N–H and O–H groups in total. The molecule has 0 aliphatic carbocycles. The van der Waals surface area contributed by atoms with E-state index in [1.165, 1.54) is 23.5 Å². The van der Waals surface area contributed by atoms with Crippen LogP contribution in [0.5, 0.6) is 0 Å². The molecule has 4 rings (SSSR count). The largest absolute Gasteiger partial charge is 0.417 e. The Labute approximate surface area is 223 Å². The van der Waals surface area contributed by atoms with Gasteiger partial charge in [-0.2, -0.15) is 13.2 Å². The lowest BCUT2D eigenvalue weighted by atomic mass is 10.1. The Bertz CT molecular complexity index is 1480. The summed E-state index contributed by atoms with van der Waals surface area (Å²) in [5.74, 6) is -0.929. The van der Waals surface area contributed by atoms with Crippen molar-refractivity contribution in [1.82, 2.24) is 30.3 Å². The lowest BCUT2D eigenvalue weighted by molar-refractivity contribution is -0.138. The van der Waals surface area contributed by atoms with Gasteiger partial charge < -0.3 is 5.32 Å². The smallest absolute Gasteiger partial charge is 0.345 e. The number of aromatic nitrogens is 5. The second-order valence-electron chi connectivity index (χ2n) is 8.14. The van der Waals surface area contributed by atoms with Crippen molar-refractivity contribution in [3.05, 3.63) is 75.6 Å². The zero-order valence-electron chi connectivity index (χ0n) is 20.5. The van der Waals surface area contributed by atoms with E-state index in [1.807, 2.05) is 32.0 Å². The van der Waals surface area contributed by atoms with Gasteiger partial charge in [0.2, 0.25) is 11.0 Å². The number of aryl methyl sites for hydroxylation is 2. The van der Waals surface area contributed by atoms with E-state index in [0.717, 1.165) is 40.7 Å². The molecule has 0 radical (unpaired) electrons. The summed E-state index contributed by atoms with van der Waals surface area (Å²) in [6, 6.07) is 10.2. The van der Waals surface area contributed by atoms with Crippen molar-refractivity contribution in [2.24, 2.45) is 0 Å². The maximum Gasteiger partial charge on any atom is 0.417 e. The highest BCUT2D eigenvalue weighted by Gasteiger charge is 2.35. The van der Waals surface area contributed by atoms with Gasteiger partial charge >= 0.3 is 6.18 Å². The number of hydrogen-bond donors (Lipinski definition) is 2. The Morgan fingerprint density at radius 3 is 2.47 bits per heavy atom. The molecule has 0 bridgehead atoms. The molecule has 0 aliphatic rings. The number of alkyl halides is 3. The number of anilines is 1. The van der Waals surface area contributed by atoms with Crippen molar-refractivity contribution in [2.45, 2.75) is 38.6 Å². The highest BCUT2D eigenvalue weighted by molar-refractivity contribution is 7.99. The number of nitrogens with zero attached hydrogens (tertiary/aromatic N) is 5. The molecule has 9 nitrogen and oxygen atoms in total. The minimum atomic E-state index is -4.68. The molecule has 0 saturated heterocycles. The maximum absolute atomic E-state index is 13.4. The fraction of sp³-hybridized carbons (Fsp3) is 0.250. The third-order valence-electron chi connectivity index (χ3n) is 5.51. The van der Waals surface area contributed by atoms with Gasteiger partial charge in [-0.25, -0.2) is 0 Å². The van der Waals surface area contributed by atoms with Crippen LogP contribution in [0.2, 0.25) is 0 Å². The van der Waals surface area contributed by atoms with Crippen molar-refractivity contribution < 1.29 is 22.8 Å². The van der Waals surface area contributed by atoms with E-state index in [1.54, 1.807) is 11.5 Å². The molecular weight excluding hydrogens is 539 g/mol. The molecule has 198 valence electrons. The average Bonchev–Trinajstić information content (AvgIpc) is 3.47. The molecule has 38 heavy (non-hydrogen) atoms. The summed E-state index contributed by atoms with van der Waals surface area (Å²) in [5, 5.41) is 22.8. The number of carbonyl (C=O) groups excluding carboxylic acids is 2. The van der Waals surface area contributed by atoms with Crippen molar-refractivity contribution in [1.29, 1.82) is 0 Å². The van der Waals surface area contributed by atoms with Crippen LogP contribution in [0, 0.1) is 20.8 Å². The van der Waals surface area contributed by atoms with Gasteiger partial charge in [0, 0.05) is 0 Å². The molecule has 0 atom stereocenters. The van der Waals surface area contributed by atoms with E-state index in [2.05, 4.69) is 31.0 Å². The molecule has 0 aliphatic heterocycles. The molecule has 2 aromatic heterocycles. The zero-order chi connectivity index (χ0) is 27.4. The summed E-state index contributed by atoms with van der Waals surface area (Å²) in [7, 11) is 0. The molecule has 2 heterocycles. The van der Waals surface area contributed by atoms with Gasteiger partial charge in [0.15, 0.2) is 11.0 Å². The van der Waals surface area contributed by atoms with E-state index < -0.39 is 23.2 Å². The number of hydrogen-bond acceptors (Lipinski definition) is 8. The number of halogens is 3. The van der Waals surface area contributed by atoms with Gasteiger partial charge in [0.05, 0.1) is 29.1 Å². The second kappa shape index (κ2) is 11.3. The van der Waals surface area contributed by atoms with Crippen LogP contribution in [-0.2, 0) is 17.5 Å². The standard InChI is InChI=1S/C24H22F3N7O2S2/c1-13-7-6-10-18(14(13)2)34-19(11-28-21(36)16-8-4-5-9-17(16)24(25,26)27)31-33-23(34)37-12-20(35)29-22-32-30-15(3)38-22/h4-10H,11-12H2,1-3H3,(H,28,36)(H,29,32,35). The van der Waals surface area contributed by atoms with Gasteiger partial charge in [-0.1, -0.05) is 47.4 Å². The fourth-order valence-corrected chi connectivity index (χ4v) is 4.92. The van der Waals surface area contributed by atoms with Crippen LogP contribution in [-0.4, -0.2) is 42.5 Å². The highest BCUT2D eigenvalue weighted by Crippen LogP contribution is 2.32. The van der Waals surface area contributed by atoms with Crippen LogP contribution >= 0.6 is 23.1 Å².